The number of nitrogens with zero attached hydrogens (tertiary/aromatic N) is 2. The van der Waals surface area contributed by atoms with Crippen molar-refractivity contribution >= 4 is 5.91 Å². The number of likely N-dealkylation sites (tertiary alicyclic amines) is 1. The number of benzene rings is 1. The Bertz CT molecular complexity index is 566. The zero-order valence-electron chi connectivity index (χ0n) is 14.3. The molecule has 0 bridgehead atoms. The van der Waals surface area contributed by atoms with Crippen LogP contribution in [-0.2, 0) is 11.2 Å². The minimum Gasteiger partial charge on any atom is -0.396 e. The molecule has 0 saturated carbocycles. The largest absolute Gasteiger partial charge is 0.396 e. The molecule has 2 atom stereocenters. The number of carbonyl (C=O) groups excluding carboxylic acids is 1. The Morgan fingerprint density at radius 1 is 1.29 bits per heavy atom. The number of rotatable bonds is 6. The number of hydrogen-bond donors (Lipinski definition) is 1. The second-order valence-electron chi connectivity index (χ2n) is 6.95. The topological polar surface area (TPSA) is 43.8 Å². The van der Waals surface area contributed by atoms with Crippen molar-refractivity contribution in [3.05, 3.63) is 35.4 Å². The van der Waals surface area contributed by atoms with Gasteiger partial charge in [-0.1, -0.05) is 6.07 Å². The Kier molecular flexibility index (Phi) is 6.69. The summed E-state index contributed by atoms with van der Waals surface area (Å²) in [6.07, 6.45) is 1.35. The molecule has 0 aliphatic carbocycles. The molecule has 1 N–H and O–H groups in total. The zero-order chi connectivity index (χ0) is 17.7. The minimum absolute atomic E-state index is 0.0411. The summed E-state index contributed by atoms with van der Waals surface area (Å²) < 4.78 is 26.6. The van der Waals surface area contributed by atoms with Crippen LogP contribution < -0.4 is 0 Å². The molecule has 1 aromatic rings. The number of aliphatic hydroxyl groups excluding tert-OH is 1. The molecule has 0 spiro atoms. The van der Waals surface area contributed by atoms with Crippen LogP contribution in [0.3, 0.4) is 0 Å². The van der Waals surface area contributed by atoms with Gasteiger partial charge in [-0.3, -0.25) is 4.79 Å². The second-order valence-corrected chi connectivity index (χ2v) is 6.95. The molecule has 1 amide bonds. The smallest absolute Gasteiger partial charge is 0.222 e. The monoisotopic (exact) mass is 340 g/mol. The Morgan fingerprint density at radius 2 is 2.00 bits per heavy atom. The van der Waals surface area contributed by atoms with Gasteiger partial charge >= 0.3 is 0 Å². The molecular weight excluding hydrogens is 314 g/mol. The van der Waals surface area contributed by atoms with E-state index in [-0.39, 0.29) is 31.3 Å². The Labute approximate surface area is 142 Å². The third kappa shape index (κ3) is 5.24. The van der Waals surface area contributed by atoms with Gasteiger partial charge in [0, 0.05) is 38.7 Å². The van der Waals surface area contributed by atoms with Crippen LogP contribution in [-0.4, -0.2) is 61.2 Å². The molecule has 2 unspecified atom stereocenters. The van der Waals surface area contributed by atoms with Crippen molar-refractivity contribution in [2.75, 3.05) is 40.3 Å². The predicted molar refractivity (Wildman–Crippen MR) is 88.5 cm³/mol. The van der Waals surface area contributed by atoms with Crippen LogP contribution in [0.25, 0.3) is 0 Å². The van der Waals surface area contributed by atoms with Gasteiger partial charge in [-0.15, -0.1) is 0 Å². The van der Waals surface area contributed by atoms with E-state index in [2.05, 4.69) is 4.90 Å². The van der Waals surface area contributed by atoms with Crippen LogP contribution in [0, 0.1) is 23.5 Å². The fourth-order valence-electron chi connectivity index (χ4n) is 3.43. The van der Waals surface area contributed by atoms with Crippen LogP contribution in [0.15, 0.2) is 18.2 Å². The van der Waals surface area contributed by atoms with Crippen molar-refractivity contribution in [1.29, 1.82) is 0 Å². The number of amides is 1. The molecule has 134 valence electrons. The van der Waals surface area contributed by atoms with Crippen molar-refractivity contribution in [3.8, 4) is 0 Å². The number of piperidine rings is 1. The first-order chi connectivity index (χ1) is 11.4. The SMILES string of the molecule is CN(C)CC1CC(CO)CN(C(=O)CCc2ccc(F)cc2F)C1. The van der Waals surface area contributed by atoms with E-state index in [0.717, 1.165) is 19.0 Å². The lowest BCUT2D eigenvalue weighted by Gasteiger charge is -2.38. The number of aliphatic hydroxyl groups is 1. The maximum absolute atomic E-state index is 13.7. The Hall–Kier alpha value is -1.53. The molecule has 1 aliphatic rings. The lowest BCUT2D eigenvalue weighted by Crippen LogP contribution is -2.47. The predicted octanol–water partition coefficient (Wildman–Crippen LogP) is 1.92. The van der Waals surface area contributed by atoms with Crippen molar-refractivity contribution in [2.24, 2.45) is 11.8 Å². The van der Waals surface area contributed by atoms with E-state index in [1.165, 1.54) is 12.1 Å². The molecule has 1 heterocycles. The molecule has 4 nitrogen and oxygen atoms in total. The van der Waals surface area contributed by atoms with E-state index >= 15 is 0 Å². The molecule has 0 radical (unpaired) electrons. The van der Waals surface area contributed by atoms with E-state index in [1.54, 1.807) is 4.90 Å². The normalized spacial score (nSPS) is 21.3. The van der Waals surface area contributed by atoms with Crippen LogP contribution >= 0.6 is 0 Å². The van der Waals surface area contributed by atoms with Gasteiger partial charge < -0.3 is 14.9 Å². The number of hydrogen-bond acceptors (Lipinski definition) is 3. The van der Waals surface area contributed by atoms with Gasteiger partial charge in [0.25, 0.3) is 0 Å². The molecule has 1 aromatic carbocycles. The van der Waals surface area contributed by atoms with Crippen LogP contribution in [0.4, 0.5) is 8.78 Å². The molecule has 1 saturated heterocycles. The summed E-state index contributed by atoms with van der Waals surface area (Å²) in [5.74, 6) is -0.843. The molecular formula is C18H26F2N2O2. The Balaban J connectivity index is 1.94. The molecule has 2 rings (SSSR count). The number of aryl methyl sites for hydroxylation is 1. The fourth-order valence-corrected chi connectivity index (χ4v) is 3.43. The van der Waals surface area contributed by atoms with Gasteiger partial charge in [0.1, 0.15) is 11.6 Å². The van der Waals surface area contributed by atoms with E-state index in [0.29, 0.717) is 24.6 Å². The lowest BCUT2D eigenvalue weighted by molar-refractivity contribution is -0.134. The summed E-state index contributed by atoms with van der Waals surface area (Å²) >= 11 is 0. The Morgan fingerprint density at radius 3 is 2.62 bits per heavy atom. The van der Waals surface area contributed by atoms with Gasteiger partial charge in [-0.25, -0.2) is 8.78 Å². The van der Waals surface area contributed by atoms with Gasteiger partial charge in [0.15, 0.2) is 0 Å². The molecule has 24 heavy (non-hydrogen) atoms. The highest BCUT2D eigenvalue weighted by Crippen LogP contribution is 2.23. The van der Waals surface area contributed by atoms with Crippen molar-refractivity contribution in [3.63, 3.8) is 0 Å². The van der Waals surface area contributed by atoms with Crippen LogP contribution in [0.1, 0.15) is 18.4 Å². The number of carbonyl (C=O) groups is 1. The summed E-state index contributed by atoms with van der Waals surface area (Å²) in [5.41, 5.74) is 0.352. The van der Waals surface area contributed by atoms with Crippen molar-refractivity contribution in [1.82, 2.24) is 9.80 Å². The minimum atomic E-state index is -0.615. The first-order valence-electron chi connectivity index (χ1n) is 8.36. The van der Waals surface area contributed by atoms with Gasteiger partial charge in [0.05, 0.1) is 0 Å². The fraction of sp³-hybridized carbons (Fsp3) is 0.611. The maximum atomic E-state index is 13.7. The molecule has 6 heteroatoms. The van der Waals surface area contributed by atoms with Gasteiger partial charge in [-0.05, 0) is 50.4 Å². The third-order valence-corrected chi connectivity index (χ3v) is 4.48. The van der Waals surface area contributed by atoms with Crippen molar-refractivity contribution in [2.45, 2.75) is 19.3 Å². The average Bonchev–Trinajstić information content (AvgIpc) is 2.52. The molecule has 0 aromatic heterocycles. The first-order valence-corrected chi connectivity index (χ1v) is 8.36. The van der Waals surface area contributed by atoms with Gasteiger partial charge in [0.2, 0.25) is 5.91 Å². The maximum Gasteiger partial charge on any atom is 0.222 e. The summed E-state index contributed by atoms with van der Waals surface area (Å²) in [6.45, 7) is 2.15. The molecule has 1 fully saturated rings. The van der Waals surface area contributed by atoms with E-state index in [4.69, 9.17) is 0 Å². The average molecular weight is 340 g/mol. The zero-order valence-corrected chi connectivity index (χ0v) is 14.3. The first kappa shape index (κ1) is 18.8. The highest BCUT2D eigenvalue weighted by Gasteiger charge is 2.29. The number of halogens is 2. The third-order valence-electron chi connectivity index (χ3n) is 4.48. The van der Waals surface area contributed by atoms with E-state index in [1.807, 2.05) is 14.1 Å². The summed E-state index contributed by atoms with van der Waals surface area (Å²) in [5, 5.41) is 9.48. The summed E-state index contributed by atoms with van der Waals surface area (Å²) in [6, 6.07) is 3.44. The quantitative estimate of drug-likeness (QED) is 0.860. The lowest BCUT2D eigenvalue weighted by atomic mass is 9.89. The van der Waals surface area contributed by atoms with E-state index < -0.39 is 11.6 Å². The van der Waals surface area contributed by atoms with E-state index in [9.17, 15) is 18.7 Å². The standard InChI is InChI=1S/C18H26F2N2O2/c1-21(2)9-13-7-14(12-23)11-22(10-13)18(24)6-4-15-3-5-16(19)8-17(15)20/h3,5,8,13-14,23H,4,6-7,9-12H2,1-2H3. The van der Waals surface area contributed by atoms with Crippen molar-refractivity contribution < 1.29 is 18.7 Å². The highest BCUT2D eigenvalue weighted by molar-refractivity contribution is 5.76. The second kappa shape index (κ2) is 8.53. The van der Waals surface area contributed by atoms with Gasteiger partial charge in [-0.2, -0.15) is 0 Å². The molecule has 1 aliphatic heterocycles. The van der Waals surface area contributed by atoms with Crippen LogP contribution in [0.5, 0.6) is 0 Å². The summed E-state index contributed by atoms with van der Waals surface area (Å²) in [7, 11) is 3.98. The summed E-state index contributed by atoms with van der Waals surface area (Å²) in [4.78, 5) is 16.3. The highest BCUT2D eigenvalue weighted by atomic mass is 19.1. The van der Waals surface area contributed by atoms with Crippen LogP contribution in [0.2, 0.25) is 0 Å².